The van der Waals surface area contributed by atoms with Gasteiger partial charge in [-0.3, -0.25) is 14.6 Å². The molecule has 4 rings (SSSR count). The Morgan fingerprint density at radius 3 is 2.54 bits per heavy atom. The third-order valence-electron chi connectivity index (χ3n) is 5.12. The molecule has 0 spiro atoms. The number of pyridine rings is 1. The van der Waals surface area contributed by atoms with E-state index >= 15 is 0 Å². The van der Waals surface area contributed by atoms with Crippen molar-refractivity contribution in [3.8, 4) is 0 Å². The fourth-order valence-corrected chi connectivity index (χ4v) is 3.59. The van der Waals surface area contributed by atoms with Gasteiger partial charge in [0.2, 0.25) is 11.8 Å². The van der Waals surface area contributed by atoms with Crippen LogP contribution in [0.2, 0.25) is 0 Å². The van der Waals surface area contributed by atoms with Gasteiger partial charge in [-0.25, -0.2) is 0 Å². The van der Waals surface area contributed by atoms with Gasteiger partial charge >= 0.3 is 0 Å². The molecular weight excluding hydrogens is 328 g/mol. The molecule has 3 heterocycles. The number of hydrogen-bond donors (Lipinski definition) is 1. The number of rotatable bonds is 3. The van der Waals surface area contributed by atoms with Gasteiger partial charge in [0.1, 0.15) is 0 Å². The van der Waals surface area contributed by atoms with Crippen molar-refractivity contribution in [2.75, 3.05) is 26.2 Å². The van der Waals surface area contributed by atoms with Crippen LogP contribution in [0.5, 0.6) is 0 Å². The molecule has 6 nitrogen and oxygen atoms in total. The number of amides is 2. The summed E-state index contributed by atoms with van der Waals surface area (Å²) < 4.78 is 0. The highest BCUT2D eigenvalue weighted by atomic mass is 16.2. The molecule has 0 aliphatic carbocycles. The van der Waals surface area contributed by atoms with Crippen molar-refractivity contribution in [2.24, 2.45) is 0 Å². The van der Waals surface area contributed by atoms with Crippen LogP contribution in [0.3, 0.4) is 0 Å². The molecule has 1 saturated heterocycles. The standard InChI is InChI=1S/C20H22N4O2/c1-14(25)23-8-10-24(11-9-23)20(26)7-6-15-12-17-16-4-2-3-5-18(16)22-19(17)13-21-15/h2-5,12-13,22H,6-11H2,1H3. The van der Waals surface area contributed by atoms with Gasteiger partial charge in [0.25, 0.3) is 0 Å². The zero-order chi connectivity index (χ0) is 18.1. The third-order valence-corrected chi connectivity index (χ3v) is 5.12. The predicted molar refractivity (Wildman–Crippen MR) is 101 cm³/mol. The van der Waals surface area contributed by atoms with Crippen LogP contribution >= 0.6 is 0 Å². The molecule has 0 radical (unpaired) electrons. The number of benzene rings is 1. The molecule has 1 aromatic carbocycles. The number of para-hydroxylation sites is 1. The number of aryl methyl sites for hydroxylation is 1. The molecular formula is C20H22N4O2. The Morgan fingerprint density at radius 1 is 1.04 bits per heavy atom. The Bertz CT molecular complexity index is 970. The number of H-pyrrole nitrogens is 1. The van der Waals surface area contributed by atoms with Crippen LogP contribution < -0.4 is 0 Å². The maximum atomic E-state index is 12.5. The van der Waals surface area contributed by atoms with Crippen LogP contribution in [0.25, 0.3) is 21.8 Å². The SMILES string of the molecule is CC(=O)N1CCN(C(=O)CCc2cc3c(cn2)[nH]c2ccccc23)CC1. The first-order valence-electron chi connectivity index (χ1n) is 9.00. The van der Waals surface area contributed by atoms with Gasteiger partial charge in [-0.1, -0.05) is 18.2 Å². The van der Waals surface area contributed by atoms with E-state index in [1.165, 1.54) is 5.39 Å². The zero-order valence-corrected chi connectivity index (χ0v) is 14.9. The van der Waals surface area contributed by atoms with Gasteiger partial charge in [-0.15, -0.1) is 0 Å². The second kappa shape index (κ2) is 6.78. The fraction of sp³-hybridized carbons (Fsp3) is 0.350. The van der Waals surface area contributed by atoms with Crippen LogP contribution in [0.1, 0.15) is 19.0 Å². The average Bonchev–Trinajstić information content (AvgIpc) is 3.04. The molecule has 1 fully saturated rings. The number of piperazine rings is 1. The summed E-state index contributed by atoms with van der Waals surface area (Å²) in [6.07, 6.45) is 2.92. The lowest BCUT2D eigenvalue weighted by molar-refractivity contribution is -0.138. The van der Waals surface area contributed by atoms with Gasteiger partial charge < -0.3 is 14.8 Å². The highest BCUT2D eigenvalue weighted by Crippen LogP contribution is 2.25. The summed E-state index contributed by atoms with van der Waals surface area (Å²) in [6, 6.07) is 10.3. The number of aromatic amines is 1. The first-order valence-corrected chi connectivity index (χ1v) is 9.00. The predicted octanol–water partition coefficient (Wildman–Crippen LogP) is 2.34. The summed E-state index contributed by atoms with van der Waals surface area (Å²) in [5.74, 6) is 0.211. The molecule has 0 unspecified atom stereocenters. The van der Waals surface area contributed by atoms with E-state index in [0.29, 0.717) is 39.0 Å². The molecule has 2 amide bonds. The minimum absolute atomic E-state index is 0.0772. The summed E-state index contributed by atoms with van der Waals surface area (Å²) in [5.41, 5.74) is 3.04. The lowest BCUT2D eigenvalue weighted by Gasteiger charge is -2.34. The normalized spacial score (nSPS) is 15.0. The van der Waals surface area contributed by atoms with E-state index in [2.05, 4.69) is 28.2 Å². The van der Waals surface area contributed by atoms with E-state index in [1.54, 1.807) is 11.8 Å². The number of aromatic nitrogens is 2. The second-order valence-corrected chi connectivity index (χ2v) is 6.78. The highest BCUT2D eigenvalue weighted by Gasteiger charge is 2.22. The second-order valence-electron chi connectivity index (χ2n) is 6.78. The quantitative estimate of drug-likeness (QED) is 0.788. The lowest BCUT2D eigenvalue weighted by Crippen LogP contribution is -2.50. The van der Waals surface area contributed by atoms with Crippen LogP contribution in [0.4, 0.5) is 0 Å². The number of hydrogen-bond acceptors (Lipinski definition) is 3. The van der Waals surface area contributed by atoms with Gasteiger partial charge in [-0.05, 0) is 18.6 Å². The maximum Gasteiger partial charge on any atom is 0.223 e. The van der Waals surface area contributed by atoms with Crippen molar-refractivity contribution in [1.82, 2.24) is 19.8 Å². The Morgan fingerprint density at radius 2 is 1.77 bits per heavy atom. The largest absolute Gasteiger partial charge is 0.353 e. The number of nitrogens with one attached hydrogen (secondary N) is 1. The zero-order valence-electron chi connectivity index (χ0n) is 14.9. The van der Waals surface area contributed by atoms with Crippen molar-refractivity contribution in [2.45, 2.75) is 19.8 Å². The van der Waals surface area contributed by atoms with Crippen molar-refractivity contribution >= 4 is 33.6 Å². The smallest absolute Gasteiger partial charge is 0.223 e. The topological polar surface area (TPSA) is 69.3 Å². The van der Waals surface area contributed by atoms with Crippen molar-refractivity contribution < 1.29 is 9.59 Å². The Labute approximate surface area is 151 Å². The summed E-state index contributed by atoms with van der Waals surface area (Å²) in [4.78, 5) is 35.3. The molecule has 1 N–H and O–H groups in total. The average molecular weight is 350 g/mol. The highest BCUT2D eigenvalue weighted by molar-refractivity contribution is 6.06. The van der Waals surface area contributed by atoms with Gasteiger partial charge in [0, 0.05) is 61.5 Å². The summed E-state index contributed by atoms with van der Waals surface area (Å²) in [7, 11) is 0. The fourth-order valence-electron chi connectivity index (χ4n) is 3.59. The Hall–Kier alpha value is -2.89. The first kappa shape index (κ1) is 16.6. The van der Waals surface area contributed by atoms with E-state index in [1.807, 2.05) is 23.2 Å². The summed E-state index contributed by atoms with van der Waals surface area (Å²) in [5, 5.41) is 2.32. The van der Waals surface area contributed by atoms with Crippen molar-refractivity contribution in [3.05, 3.63) is 42.2 Å². The van der Waals surface area contributed by atoms with Crippen LogP contribution in [-0.4, -0.2) is 57.8 Å². The Kier molecular flexibility index (Phi) is 4.32. The maximum absolute atomic E-state index is 12.5. The molecule has 0 atom stereocenters. The minimum Gasteiger partial charge on any atom is -0.353 e. The van der Waals surface area contributed by atoms with E-state index < -0.39 is 0 Å². The van der Waals surface area contributed by atoms with Gasteiger partial charge in [-0.2, -0.15) is 0 Å². The molecule has 1 aliphatic rings. The van der Waals surface area contributed by atoms with E-state index in [0.717, 1.165) is 22.1 Å². The summed E-state index contributed by atoms with van der Waals surface area (Å²) in [6.45, 7) is 4.06. The number of nitrogens with zero attached hydrogens (tertiary/aromatic N) is 3. The van der Waals surface area contributed by atoms with E-state index in [9.17, 15) is 9.59 Å². The van der Waals surface area contributed by atoms with Crippen LogP contribution in [0.15, 0.2) is 36.5 Å². The van der Waals surface area contributed by atoms with Gasteiger partial charge in [0.05, 0.1) is 11.7 Å². The molecule has 26 heavy (non-hydrogen) atoms. The number of carbonyl (C=O) groups is 2. The lowest BCUT2D eigenvalue weighted by atomic mass is 10.1. The van der Waals surface area contributed by atoms with Crippen LogP contribution in [-0.2, 0) is 16.0 Å². The Balaban J connectivity index is 1.42. The van der Waals surface area contributed by atoms with Gasteiger partial charge in [0.15, 0.2) is 0 Å². The number of fused-ring (bicyclic) bond motifs is 3. The molecule has 134 valence electrons. The van der Waals surface area contributed by atoms with E-state index in [-0.39, 0.29) is 11.8 Å². The molecule has 0 saturated carbocycles. The van der Waals surface area contributed by atoms with Crippen molar-refractivity contribution in [3.63, 3.8) is 0 Å². The number of carbonyl (C=O) groups excluding carboxylic acids is 2. The third kappa shape index (κ3) is 3.14. The van der Waals surface area contributed by atoms with Crippen LogP contribution in [0, 0.1) is 0 Å². The molecule has 1 aliphatic heterocycles. The van der Waals surface area contributed by atoms with E-state index in [4.69, 9.17) is 0 Å². The first-order chi connectivity index (χ1) is 12.6. The molecule has 2 aromatic heterocycles. The minimum atomic E-state index is 0.0772. The summed E-state index contributed by atoms with van der Waals surface area (Å²) >= 11 is 0. The molecule has 0 bridgehead atoms. The monoisotopic (exact) mass is 350 g/mol. The molecule has 3 aromatic rings. The van der Waals surface area contributed by atoms with Crippen molar-refractivity contribution in [1.29, 1.82) is 0 Å². The molecule has 6 heteroatoms.